The number of β-amino-alcohol motifs (C(OH)–C–C–N with tert-alkyl or cyclic N) is 1. The molecule has 146 valence electrons. The van der Waals surface area contributed by atoms with E-state index in [0.29, 0.717) is 30.8 Å². The fraction of sp³-hybridized carbons (Fsp3) is 0.278. The van der Waals surface area contributed by atoms with Gasteiger partial charge < -0.3 is 21.1 Å². The molecule has 7 nitrogen and oxygen atoms in total. The molecule has 3 rings (SSSR count). The Balaban J connectivity index is 0.00000182. The number of amides is 2. The Hall–Kier alpha value is -2.19. The van der Waals surface area contributed by atoms with Gasteiger partial charge in [0.2, 0.25) is 5.91 Å². The smallest absolute Gasteiger partial charge is 0.257 e. The summed E-state index contributed by atoms with van der Waals surface area (Å²) in [7, 11) is 0. The molecule has 2 atom stereocenters. The zero-order chi connectivity index (χ0) is 17.6. The van der Waals surface area contributed by atoms with Crippen molar-refractivity contribution in [2.45, 2.75) is 25.1 Å². The second-order valence-electron chi connectivity index (χ2n) is 5.96. The number of aromatic nitrogens is 1. The highest BCUT2D eigenvalue weighted by Gasteiger charge is 2.27. The van der Waals surface area contributed by atoms with Crippen molar-refractivity contribution in [3.8, 4) is 0 Å². The van der Waals surface area contributed by atoms with E-state index in [4.69, 9.17) is 0 Å². The van der Waals surface area contributed by atoms with Crippen LogP contribution in [0.5, 0.6) is 0 Å². The van der Waals surface area contributed by atoms with Gasteiger partial charge in [-0.25, -0.2) is 0 Å². The molecule has 1 aromatic carbocycles. The number of hydrogen-bond donors (Lipinski definition) is 4. The van der Waals surface area contributed by atoms with Crippen LogP contribution in [0.3, 0.4) is 0 Å². The van der Waals surface area contributed by atoms with Crippen LogP contribution in [0.1, 0.15) is 22.3 Å². The molecule has 1 aromatic heterocycles. The van der Waals surface area contributed by atoms with E-state index in [1.54, 1.807) is 30.5 Å². The molecule has 2 aromatic rings. The summed E-state index contributed by atoms with van der Waals surface area (Å²) in [5.41, 5.74) is 2.08. The maximum atomic E-state index is 12.1. The molecule has 0 saturated carbocycles. The Labute approximate surface area is 169 Å². The summed E-state index contributed by atoms with van der Waals surface area (Å²) in [6.45, 7) is 0.841. The molecule has 1 aliphatic rings. The number of aliphatic hydroxyl groups excluding tert-OH is 1. The monoisotopic (exact) mass is 412 g/mol. The average Bonchev–Trinajstić information content (AvgIpc) is 3.08. The van der Waals surface area contributed by atoms with Gasteiger partial charge in [-0.05, 0) is 36.2 Å². The first kappa shape index (κ1) is 22.9. The topological polar surface area (TPSA) is 103 Å². The highest BCUT2D eigenvalue weighted by molar-refractivity contribution is 6.04. The SMILES string of the molecule is Cl.Cl.O=C(Nc1ccc(CNC(=O)C2CC(O)CN2)cc1)c1cccnc1. The number of rotatable bonds is 5. The van der Waals surface area contributed by atoms with Gasteiger partial charge >= 0.3 is 0 Å². The number of aliphatic hydroxyl groups is 1. The number of benzene rings is 1. The van der Waals surface area contributed by atoms with Crippen LogP contribution in [-0.2, 0) is 11.3 Å². The van der Waals surface area contributed by atoms with Gasteiger partial charge in [0.15, 0.2) is 0 Å². The quantitative estimate of drug-likeness (QED) is 0.595. The summed E-state index contributed by atoms with van der Waals surface area (Å²) < 4.78 is 0. The lowest BCUT2D eigenvalue weighted by atomic mass is 10.1. The van der Waals surface area contributed by atoms with E-state index in [-0.39, 0.29) is 42.7 Å². The van der Waals surface area contributed by atoms with Gasteiger partial charge in [0.05, 0.1) is 17.7 Å². The van der Waals surface area contributed by atoms with Gasteiger partial charge in [-0.15, -0.1) is 24.8 Å². The summed E-state index contributed by atoms with van der Waals surface area (Å²) in [5, 5.41) is 18.0. The lowest BCUT2D eigenvalue weighted by molar-refractivity contribution is -0.123. The summed E-state index contributed by atoms with van der Waals surface area (Å²) in [5.74, 6) is -0.342. The second-order valence-corrected chi connectivity index (χ2v) is 5.96. The lowest BCUT2D eigenvalue weighted by Crippen LogP contribution is -2.39. The van der Waals surface area contributed by atoms with Crippen molar-refractivity contribution in [1.29, 1.82) is 0 Å². The number of nitrogens with zero attached hydrogens (tertiary/aromatic N) is 1. The van der Waals surface area contributed by atoms with Crippen LogP contribution in [0.15, 0.2) is 48.8 Å². The predicted octanol–water partition coefficient (Wildman–Crippen LogP) is 1.52. The van der Waals surface area contributed by atoms with E-state index in [0.717, 1.165) is 5.56 Å². The molecule has 2 heterocycles. The molecule has 0 bridgehead atoms. The van der Waals surface area contributed by atoms with Crippen LogP contribution in [0.4, 0.5) is 5.69 Å². The summed E-state index contributed by atoms with van der Waals surface area (Å²) in [4.78, 5) is 28.0. The Kier molecular flexibility index (Phi) is 9.17. The van der Waals surface area contributed by atoms with Gasteiger partial charge in [-0.3, -0.25) is 14.6 Å². The molecule has 1 fully saturated rings. The van der Waals surface area contributed by atoms with E-state index in [9.17, 15) is 14.7 Å². The molecule has 1 saturated heterocycles. The predicted molar refractivity (Wildman–Crippen MR) is 107 cm³/mol. The van der Waals surface area contributed by atoms with Crippen LogP contribution in [0.25, 0.3) is 0 Å². The fourth-order valence-corrected chi connectivity index (χ4v) is 2.64. The molecular formula is C18H22Cl2N4O3. The highest BCUT2D eigenvalue weighted by Crippen LogP contribution is 2.12. The number of anilines is 1. The molecule has 2 unspecified atom stereocenters. The number of pyridine rings is 1. The third kappa shape index (κ3) is 6.48. The maximum Gasteiger partial charge on any atom is 0.257 e. The largest absolute Gasteiger partial charge is 0.392 e. The Morgan fingerprint density at radius 2 is 1.93 bits per heavy atom. The summed E-state index contributed by atoms with van der Waals surface area (Å²) in [6.07, 6.45) is 3.10. The molecule has 0 aliphatic carbocycles. The third-order valence-electron chi connectivity index (χ3n) is 4.03. The number of halogens is 2. The first-order valence-corrected chi connectivity index (χ1v) is 8.11. The number of hydrogen-bond acceptors (Lipinski definition) is 5. The van der Waals surface area contributed by atoms with Crippen LogP contribution < -0.4 is 16.0 Å². The van der Waals surface area contributed by atoms with Crippen molar-refractivity contribution in [3.05, 3.63) is 59.9 Å². The molecule has 1 aliphatic heterocycles. The Morgan fingerprint density at radius 3 is 2.52 bits per heavy atom. The van der Waals surface area contributed by atoms with Gasteiger partial charge in [-0.1, -0.05) is 12.1 Å². The molecule has 0 spiro atoms. The van der Waals surface area contributed by atoms with Gasteiger partial charge in [0.1, 0.15) is 0 Å². The van der Waals surface area contributed by atoms with Crippen LogP contribution in [0, 0.1) is 0 Å². The standard InChI is InChI=1S/C18H20N4O3.2ClH/c23-15-8-16(20-11-15)18(25)21-9-12-3-5-14(6-4-12)22-17(24)13-2-1-7-19-10-13;;/h1-7,10,15-16,20,23H,8-9,11H2,(H,21,25)(H,22,24);2*1H. The van der Waals surface area contributed by atoms with E-state index < -0.39 is 6.10 Å². The molecule has 0 radical (unpaired) electrons. The van der Waals surface area contributed by atoms with Crippen LogP contribution in [-0.4, -0.2) is 40.6 Å². The zero-order valence-electron chi connectivity index (χ0n) is 14.4. The van der Waals surface area contributed by atoms with Gasteiger partial charge in [0.25, 0.3) is 5.91 Å². The average molecular weight is 413 g/mol. The molecule has 4 N–H and O–H groups in total. The van der Waals surface area contributed by atoms with Crippen molar-refractivity contribution < 1.29 is 14.7 Å². The zero-order valence-corrected chi connectivity index (χ0v) is 16.1. The van der Waals surface area contributed by atoms with Crippen LogP contribution >= 0.6 is 24.8 Å². The van der Waals surface area contributed by atoms with Crippen molar-refractivity contribution in [3.63, 3.8) is 0 Å². The summed E-state index contributed by atoms with van der Waals surface area (Å²) in [6, 6.07) is 10.3. The van der Waals surface area contributed by atoms with Crippen molar-refractivity contribution in [1.82, 2.24) is 15.6 Å². The van der Waals surface area contributed by atoms with Crippen molar-refractivity contribution >= 4 is 42.3 Å². The maximum absolute atomic E-state index is 12.1. The first-order valence-electron chi connectivity index (χ1n) is 8.11. The molecule has 9 heteroatoms. The molecule has 2 amide bonds. The Morgan fingerprint density at radius 1 is 1.19 bits per heavy atom. The minimum absolute atomic E-state index is 0. The van der Waals surface area contributed by atoms with E-state index >= 15 is 0 Å². The van der Waals surface area contributed by atoms with E-state index in [1.807, 2.05) is 12.1 Å². The third-order valence-corrected chi connectivity index (χ3v) is 4.03. The van der Waals surface area contributed by atoms with Crippen LogP contribution in [0.2, 0.25) is 0 Å². The molecular weight excluding hydrogens is 391 g/mol. The number of nitrogens with one attached hydrogen (secondary N) is 3. The molecule has 27 heavy (non-hydrogen) atoms. The first-order chi connectivity index (χ1) is 12.1. The van der Waals surface area contributed by atoms with E-state index in [1.165, 1.54) is 6.20 Å². The normalized spacial score (nSPS) is 18.0. The fourth-order valence-electron chi connectivity index (χ4n) is 2.64. The number of carbonyl (C=O) groups is 2. The lowest BCUT2D eigenvalue weighted by Gasteiger charge is -2.11. The van der Waals surface area contributed by atoms with Crippen molar-refractivity contribution in [2.24, 2.45) is 0 Å². The second kappa shape index (κ2) is 10.8. The van der Waals surface area contributed by atoms with Gasteiger partial charge in [-0.2, -0.15) is 0 Å². The highest BCUT2D eigenvalue weighted by atomic mass is 35.5. The Bertz CT molecular complexity index is 744. The minimum atomic E-state index is -0.460. The number of carbonyl (C=O) groups excluding carboxylic acids is 2. The minimum Gasteiger partial charge on any atom is -0.392 e. The van der Waals surface area contributed by atoms with Gasteiger partial charge in [0, 0.05) is 31.2 Å². The van der Waals surface area contributed by atoms with E-state index in [2.05, 4.69) is 20.9 Å². The summed E-state index contributed by atoms with van der Waals surface area (Å²) >= 11 is 0. The van der Waals surface area contributed by atoms with Crippen molar-refractivity contribution in [2.75, 3.05) is 11.9 Å².